The second-order valence-corrected chi connectivity index (χ2v) is 7.51. The van der Waals surface area contributed by atoms with Crippen molar-refractivity contribution in [3.63, 3.8) is 0 Å². The van der Waals surface area contributed by atoms with Gasteiger partial charge in [0.15, 0.2) is 0 Å². The molecule has 0 saturated heterocycles. The highest BCUT2D eigenvalue weighted by molar-refractivity contribution is 5.35. The molecule has 0 bridgehead atoms. The number of hydrogen-bond acceptors (Lipinski definition) is 6. The second-order valence-electron chi connectivity index (χ2n) is 7.51. The van der Waals surface area contributed by atoms with Crippen molar-refractivity contribution in [1.29, 1.82) is 0 Å². The Morgan fingerprint density at radius 2 is 0.636 bits per heavy atom. The van der Waals surface area contributed by atoms with Crippen LogP contribution in [0.25, 0.3) is 0 Å². The standard InChI is InChI=1S/C27H24O6/c28-22-1-7-25(8-2-22)31-16-19-13-20(17-32-26-9-3-23(29)4-10-26)15-21(14-19)18-33-27-11-5-24(30)6-12-27/h1-15,28-30H,16-18H2. The quantitative estimate of drug-likeness (QED) is 0.314. The molecule has 0 atom stereocenters. The fourth-order valence-electron chi connectivity index (χ4n) is 3.22. The van der Waals surface area contributed by atoms with Crippen LogP contribution in [0.15, 0.2) is 91.0 Å². The molecular weight excluding hydrogens is 420 g/mol. The molecule has 0 spiro atoms. The smallest absolute Gasteiger partial charge is 0.120 e. The molecule has 0 unspecified atom stereocenters. The minimum absolute atomic E-state index is 0.185. The zero-order chi connectivity index (χ0) is 23.0. The summed E-state index contributed by atoms with van der Waals surface area (Å²) in [6.07, 6.45) is 0. The maximum atomic E-state index is 9.44. The van der Waals surface area contributed by atoms with Crippen LogP contribution in [-0.4, -0.2) is 15.3 Å². The molecule has 168 valence electrons. The second kappa shape index (κ2) is 10.3. The lowest BCUT2D eigenvalue weighted by molar-refractivity contribution is 0.293. The predicted molar refractivity (Wildman–Crippen MR) is 124 cm³/mol. The van der Waals surface area contributed by atoms with Crippen LogP contribution in [0, 0.1) is 0 Å². The Bertz CT molecular complexity index is 1010. The number of benzene rings is 4. The highest BCUT2D eigenvalue weighted by Gasteiger charge is 2.06. The summed E-state index contributed by atoms with van der Waals surface area (Å²) in [6.45, 7) is 1.01. The summed E-state index contributed by atoms with van der Waals surface area (Å²) >= 11 is 0. The first-order chi connectivity index (χ1) is 16.0. The number of phenolic OH excluding ortho intramolecular Hbond substituents is 3. The first-order valence-corrected chi connectivity index (χ1v) is 10.4. The third kappa shape index (κ3) is 6.58. The van der Waals surface area contributed by atoms with Gasteiger partial charge in [-0.3, -0.25) is 0 Å². The van der Waals surface area contributed by atoms with Crippen LogP contribution in [0.2, 0.25) is 0 Å². The van der Waals surface area contributed by atoms with Crippen molar-refractivity contribution >= 4 is 0 Å². The molecule has 0 aromatic heterocycles. The van der Waals surface area contributed by atoms with Gasteiger partial charge in [-0.25, -0.2) is 0 Å². The van der Waals surface area contributed by atoms with Crippen molar-refractivity contribution in [1.82, 2.24) is 0 Å². The van der Waals surface area contributed by atoms with E-state index < -0.39 is 0 Å². The molecule has 0 aliphatic rings. The van der Waals surface area contributed by atoms with Gasteiger partial charge in [-0.15, -0.1) is 0 Å². The van der Waals surface area contributed by atoms with E-state index in [1.807, 2.05) is 18.2 Å². The van der Waals surface area contributed by atoms with Gasteiger partial charge in [0.05, 0.1) is 0 Å². The van der Waals surface area contributed by atoms with Crippen molar-refractivity contribution in [2.75, 3.05) is 0 Å². The van der Waals surface area contributed by atoms with E-state index in [9.17, 15) is 15.3 Å². The number of ether oxygens (including phenoxy) is 3. The van der Waals surface area contributed by atoms with E-state index >= 15 is 0 Å². The van der Waals surface area contributed by atoms with E-state index in [1.54, 1.807) is 72.8 Å². The van der Waals surface area contributed by atoms with E-state index in [0.29, 0.717) is 37.1 Å². The van der Waals surface area contributed by atoms with Gasteiger partial charge in [-0.1, -0.05) is 0 Å². The number of phenols is 3. The topological polar surface area (TPSA) is 88.4 Å². The van der Waals surface area contributed by atoms with Gasteiger partial charge in [0.2, 0.25) is 0 Å². The van der Waals surface area contributed by atoms with Crippen molar-refractivity contribution in [3.8, 4) is 34.5 Å². The molecule has 0 amide bonds. The van der Waals surface area contributed by atoms with Crippen molar-refractivity contribution in [3.05, 3.63) is 108 Å². The Balaban J connectivity index is 1.48. The van der Waals surface area contributed by atoms with Crippen LogP contribution in [0.4, 0.5) is 0 Å². The lowest BCUT2D eigenvalue weighted by atomic mass is 10.1. The summed E-state index contributed by atoms with van der Waals surface area (Å²) in [5.41, 5.74) is 2.83. The molecule has 6 nitrogen and oxygen atoms in total. The van der Waals surface area contributed by atoms with E-state index in [4.69, 9.17) is 14.2 Å². The van der Waals surface area contributed by atoms with E-state index in [-0.39, 0.29) is 17.2 Å². The van der Waals surface area contributed by atoms with Crippen LogP contribution in [0.5, 0.6) is 34.5 Å². The molecule has 4 aromatic carbocycles. The Labute approximate surface area is 191 Å². The van der Waals surface area contributed by atoms with Gasteiger partial charge in [0, 0.05) is 0 Å². The zero-order valence-corrected chi connectivity index (χ0v) is 17.8. The molecule has 0 aliphatic carbocycles. The summed E-state index contributed by atoms with van der Waals surface area (Å²) in [4.78, 5) is 0. The first-order valence-electron chi connectivity index (χ1n) is 10.4. The third-order valence-corrected chi connectivity index (χ3v) is 4.84. The van der Waals surface area contributed by atoms with Gasteiger partial charge < -0.3 is 29.5 Å². The molecule has 0 saturated carbocycles. The molecule has 6 heteroatoms. The van der Waals surface area contributed by atoms with Crippen LogP contribution in [-0.2, 0) is 19.8 Å². The molecule has 3 N–H and O–H groups in total. The van der Waals surface area contributed by atoms with Crippen LogP contribution in [0.3, 0.4) is 0 Å². The number of aromatic hydroxyl groups is 3. The predicted octanol–water partition coefficient (Wildman–Crippen LogP) is 5.54. The Hall–Kier alpha value is -4.32. The van der Waals surface area contributed by atoms with Gasteiger partial charge >= 0.3 is 0 Å². The highest BCUT2D eigenvalue weighted by atomic mass is 16.5. The monoisotopic (exact) mass is 444 g/mol. The SMILES string of the molecule is Oc1ccc(OCc2cc(COc3ccc(O)cc3)cc(COc3ccc(O)cc3)c2)cc1. The molecule has 0 aliphatic heterocycles. The molecule has 4 aromatic rings. The Morgan fingerprint density at radius 3 is 0.879 bits per heavy atom. The number of rotatable bonds is 9. The average Bonchev–Trinajstić information content (AvgIpc) is 2.83. The van der Waals surface area contributed by atoms with E-state index in [0.717, 1.165) is 16.7 Å². The fraction of sp³-hybridized carbons (Fsp3) is 0.111. The summed E-state index contributed by atoms with van der Waals surface area (Å²) in [5, 5.41) is 28.3. The summed E-state index contributed by atoms with van der Waals surface area (Å²) < 4.78 is 17.6. The number of hydrogen-bond donors (Lipinski definition) is 3. The normalized spacial score (nSPS) is 10.5. The molecule has 4 rings (SSSR count). The minimum atomic E-state index is 0.185. The zero-order valence-electron chi connectivity index (χ0n) is 17.8. The van der Waals surface area contributed by atoms with Crippen molar-refractivity contribution < 1.29 is 29.5 Å². The van der Waals surface area contributed by atoms with Gasteiger partial charge in [0.25, 0.3) is 0 Å². The van der Waals surface area contributed by atoms with Crippen LogP contribution < -0.4 is 14.2 Å². The fourth-order valence-corrected chi connectivity index (χ4v) is 3.22. The van der Waals surface area contributed by atoms with Crippen molar-refractivity contribution in [2.45, 2.75) is 19.8 Å². The van der Waals surface area contributed by atoms with Crippen LogP contribution in [0.1, 0.15) is 16.7 Å². The maximum absolute atomic E-state index is 9.44. The Morgan fingerprint density at radius 1 is 0.394 bits per heavy atom. The first kappa shape index (κ1) is 21.9. The summed E-state index contributed by atoms with van der Waals surface area (Å²) in [5.74, 6) is 2.51. The third-order valence-electron chi connectivity index (χ3n) is 4.84. The maximum Gasteiger partial charge on any atom is 0.120 e. The lowest BCUT2D eigenvalue weighted by Gasteiger charge is -2.13. The summed E-state index contributed by atoms with van der Waals surface area (Å²) in [6, 6.07) is 25.7. The summed E-state index contributed by atoms with van der Waals surface area (Å²) in [7, 11) is 0. The van der Waals surface area contributed by atoms with E-state index in [1.165, 1.54) is 0 Å². The molecule has 0 radical (unpaired) electrons. The molecule has 33 heavy (non-hydrogen) atoms. The lowest BCUT2D eigenvalue weighted by Crippen LogP contribution is -2.03. The average molecular weight is 444 g/mol. The minimum Gasteiger partial charge on any atom is -0.508 e. The Kier molecular flexibility index (Phi) is 6.85. The van der Waals surface area contributed by atoms with Gasteiger partial charge in [-0.05, 0) is 108 Å². The van der Waals surface area contributed by atoms with Crippen molar-refractivity contribution in [2.24, 2.45) is 0 Å². The molecule has 0 heterocycles. The largest absolute Gasteiger partial charge is 0.508 e. The molecular formula is C27H24O6. The molecule has 0 fully saturated rings. The van der Waals surface area contributed by atoms with Gasteiger partial charge in [-0.2, -0.15) is 0 Å². The van der Waals surface area contributed by atoms with Crippen LogP contribution >= 0.6 is 0 Å². The van der Waals surface area contributed by atoms with E-state index in [2.05, 4.69) is 0 Å². The highest BCUT2D eigenvalue weighted by Crippen LogP contribution is 2.22. The van der Waals surface area contributed by atoms with Gasteiger partial charge in [0.1, 0.15) is 54.3 Å².